The van der Waals surface area contributed by atoms with E-state index in [0.29, 0.717) is 19.1 Å². The lowest BCUT2D eigenvalue weighted by molar-refractivity contribution is -0.122. The maximum Gasteiger partial charge on any atom is 0.234 e. The van der Waals surface area contributed by atoms with Gasteiger partial charge in [0.1, 0.15) is 0 Å². The number of piperidine rings is 1. The Hall–Kier alpha value is -0.910. The van der Waals surface area contributed by atoms with E-state index in [2.05, 4.69) is 21.6 Å². The first kappa shape index (κ1) is 15.0. The van der Waals surface area contributed by atoms with Gasteiger partial charge < -0.3 is 10.6 Å². The van der Waals surface area contributed by atoms with Gasteiger partial charge in [0, 0.05) is 24.0 Å². The topological polar surface area (TPSA) is 44.4 Å². The maximum atomic E-state index is 11.9. The SMILES string of the molecule is O=C(CN1CCC(NCC2CC2)CC1)NCc1cccs1. The lowest BCUT2D eigenvalue weighted by atomic mass is 10.0. The van der Waals surface area contributed by atoms with Gasteiger partial charge in [0.05, 0.1) is 13.1 Å². The number of carbonyl (C=O) groups is 1. The van der Waals surface area contributed by atoms with Crippen LogP contribution in [0.25, 0.3) is 0 Å². The Bertz CT molecular complexity index is 436. The molecular formula is C16H25N3OS. The van der Waals surface area contributed by atoms with Crippen LogP contribution in [0.3, 0.4) is 0 Å². The molecule has 2 N–H and O–H groups in total. The minimum absolute atomic E-state index is 0.146. The Kier molecular flexibility index (Phi) is 5.27. The number of carbonyl (C=O) groups excluding carboxylic acids is 1. The van der Waals surface area contributed by atoms with Gasteiger partial charge in [0.15, 0.2) is 0 Å². The molecular weight excluding hydrogens is 282 g/mol. The Labute approximate surface area is 130 Å². The molecule has 1 aliphatic heterocycles. The summed E-state index contributed by atoms with van der Waals surface area (Å²) in [6.45, 7) is 4.48. The molecule has 0 aromatic carbocycles. The van der Waals surface area contributed by atoms with Crippen molar-refractivity contribution in [1.29, 1.82) is 0 Å². The van der Waals surface area contributed by atoms with E-state index in [-0.39, 0.29) is 5.91 Å². The van der Waals surface area contributed by atoms with Crippen molar-refractivity contribution in [2.45, 2.75) is 38.3 Å². The van der Waals surface area contributed by atoms with Crippen LogP contribution in [0.5, 0.6) is 0 Å². The molecule has 0 radical (unpaired) electrons. The predicted molar refractivity (Wildman–Crippen MR) is 86.4 cm³/mol. The molecule has 2 fully saturated rings. The van der Waals surface area contributed by atoms with E-state index in [9.17, 15) is 4.79 Å². The van der Waals surface area contributed by atoms with Gasteiger partial charge in [-0.25, -0.2) is 0 Å². The fourth-order valence-electron chi connectivity index (χ4n) is 2.81. The van der Waals surface area contributed by atoms with Crippen LogP contribution >= 0.6 is 11.3 Å². The van der Waals surface area contributed by atoms with Crippen molar-refractivity contribution in [3.63, 3.8) is 0 Å². The van der Waals surface area contributed by atoms with Crippen LogP contribution in [-0.4, -0.2) is 43.0 Å². The van der Waals surface area contributed by atoms with E-state index in [1.165, 1.54) is 37.1 Å². The van der Waals surface area contributed by atoms with Crippen molar-refractivity contribution in [3.8, 4) is 0 Å². The van der Waals surface area contributed by atoms with Gasteiger partial charge in [-0.3, -0.25) is 9.69 Å². The Morgan fingerprint density at radius 1 is 1.29 bits per heavy atom. The summed E-state index contributed by atoms with van der Waals surface area (Å²) >= 11 is 1.69. The third-order valence-electron chi connectivity index (χ3n) is 4.39. The Balaban J connectivity index is 1.29. The lowest BCUT2D eigenvalue weighted by Gasteiger charge is -2.32. The number of thiophene rings is 1. The maximum absolute atomic E-state index is 11.9. The van der Waals surface area contributed by atoms with Crippen molar-refractivity contribution in [1.82, 2.24) is 15.5 Å². The van der Waals surface area contributed by atoms with Crippen molar-refractivity contribution >= 4 is 17.2 Å². The second-order valence-corrected chi connectivity index (χ2v) is 7.29. The van der Waals surface area contributed by atoms with E-state index in [1.807, 2.05) is 11.4 Å². The second-order valence-electron chi connectivity index (χ2n) is 6.26. The quantitative estimate of drug-likeness (QED) is 0.808. The summed E-state index contributed by atoms with van der Waals surface area (Å²) in [6, 6.07) is 4.74. The van der Waals surface area contributed by atoms with Gasteiger partial charge in [-0.1, -0.05) is 6.07 Å². The molecule has 4 nitrogen and oxygen atoms in total. The summed E-state index contributed by atoms with van der Waals surface area (Å²) in [4.78, 5) is 15.4. The third-order valence-corrected chi connectivity index (χ3v) is 5.26. The molecule has 5 heteroatoms. The van der Waals surface area contributed by atoms with Crippen LogP contribution < -0.4 is 10.6 Å². The van der Waals surface area contributed by atoms with Crippen molar-refractivity contribution in [2.24, 2.45) is 5.92 Å². The van der Waals surface area contributed by atoms with Crippen molar-refractivity contribution in [2.75, 3.05) is 26.2 Å². The van der Waals surface area contributed by atoms with Gasteiger partial charge in [-0.2, -0.15) is 0 Å². The number of likely N-dealkylation sites (tertiary alicyclic amines) is 1. The molecule has 1 aromatic rings. The largest absolute Gasteiger partial charge is 0.350 e. The Morgan fingerprint density at radius 3 is 2.76 bits per heavy atom. The molecule has 1 aromatic heterocycles. The minimum atomic E-state index is 0.146. The van der Waals surface area contributed by atoms with E-state index in [0.717, 1.165) is 19.0 Å². The van der Waals surface area contributed by atoms with Crippen molar-refractivity contribution < 1.29 is 4.79 Å². The van der Waals surface area contributed by atoms with E-state index < -0.39 is 0 Å². The summed E-state index contributed by atoms with van der Waals surface area (Å²) in [5.41, 5.74) is 0. The molecule has 116 valence electrons. The summed E-state index contributed by atoms with van der Waals surface area (Å²) < 4.78 is 0. The Morgan fingerprint density at radius 2 is 2.10 bits per heavy atom. The van der Waals surface area contributed by atoms with Crippen LogP contribution in [0.2, 0.25) is 0 Å². The number of hydrogen-bond donors (Lipinski definition) is 2. The summed E-state index contributed by atoms with van der Waals surface area (Å²) in [5, 5.41) is 8.72. The minimum Gasteiger partial charge on any atom is -0.350 e. The van der Waals surface area contributed by atoms with E-state index >= 15 is 0 Å². The van der Waals surface area contributed by atoms with Gasteiger partial charge in [0.25, 0.3) is 0 Å². The normalized spacial score (nSPS) is 20.6. The third kappa shape index (κ3) is 5.09. The van der Waals surface area contributed by atoms with Gasteiger partial charge in [-0.05, 0) is 49.6 Å². The zero-order valence-electron chi connectivity index (χ0n) is 12.5. The van der Waals surface area contributed by atoms with Crippen LogP contribution in [0.1, 0.15) is 30.6 Å². The molecule has 0 bridgehead atoms. The molecule has 0 spiro atoms. The zero-order chi connectivity index (χ0) is 14.5. The number of nitrogens with zero attached hydrogens (tertiary/aromatic N) is 1. The average molecular weight is 307 g/mol. The van der Waals surface area contributed by atoms with E-state index in [1.54, 1.807) is 11.3 Å². The standard InChI is InChI=1S/C16H25N3OS/c20-16(18-11-15-2-1-9-21-15)12-19-7-5-14(6-8-19)17-10-13-3-4-13/h1-2,9,13-14,17H,3-8,10-12H2,(H,18,20). The molecule has 2 heterocycles. The van der Waals surface area contributed by atoms with Crippen LogP contribution in [0.4, 0.5) is 0 Å². The second kappa shape index (κ2) is 7.38. The van der Waals surface area contributed by atoms with Crippen molar-refractivity contribution in [3.05, 3.63) is 22.4 Å². The summed E-state index contributed by atoms with van der Waals surface area (Å²) in [5.74, 6) is 1.10. The highest BCUT2D eigenvalue weighted by Crippen LogP contribution is 2.28. The molecule has 1 saturated carbocycles. The number of amides is 1. The molecule has 0 atom stereocenters. The van der Waals surface area contributed by atoms with Gasteiger partial charge in [0.2, 0.25) is 5.91 Å². The van der Waals surface area contributed by atoms with Crippen LogP contribution in [0, 0.1) is 5.92 Å². The zero-order valence-corrected chi connectivity index (χ0v) is 13.3. The first-order valence-electron chi connectivity index (χ1n) is 8.04. The first-order chi connectivity index (χ1) is 10.3. The van der Waals surface area contributed by atoms with Crippen LogP contribution in [-0.2, 0) is 11.3 Å². The van der Waals surface area contributed by atoms with E-state index in [4.69, 9.17) is 0 Å². The monoisotopic (exact) mass is 307 g/mol. The number of nitrogens with one attached hydrogen (secondary N) is 2. The molecule has 0 unspecified atom stereocenters. The summed E-state index contributed by atoms with van der Waals surface area (Å²) in [7, 11) is 0. The number of rotatable bonds is 7. The average Bonchev–Trinajstić information content (AvgIpc) is 3.18. The summed E-state index contributed by atoms with van der Waals surface area (Å²) in [6.07, 6.45) is 5.17. The lowest BCUT2D eigenvalue weighted by Crippen LogP contribution is -2.46. The highest BCUT2D eigenvalue weighted by Gasteiger charge is 2.24. The molecule has 1 amide bonds. The molecule has 3 rings (SSSR count). The smallest absolute Gasteiger partial charge is 0.234 e. The fourth-order valence-corrected chi connectivity index (χ4v) is 3.45. The highest BCUT2D eigenvalue weighted by atomic mass is 32.1. The fraction of sp³-hybridized carbons (Fsp3) is 0.688. The van der Waals surface area contributed by atoms with Crippen LogP contribution in [0.15, 0.2) is 17.5 Å². The predicted octanol–water partition coefficient (Wildman–Crippen LogP) is 1.83. The van der Waals surface area contributed by atoms with Gasteiger partial charge in [-0.15, -0.1) is 11.3 Å². The first-order valence-corrected chi connectivity index (χ1v) is 8.92. The number of hydrogen-bond acceptors (Lipinski definition) is 4. The molecule has 1 saturated heterocycles. The van der Waals surface area contributed by atoms with Gasteiger partial charge >= 0.3 is 0 Å². The highest BCUT2D eigenvalue weighted by molar-refractivity contribution is 7.09. The molecule has 1 aliphatic carbocycles. The molecule has 21 heavy (non-hydrogen) atoms. The molecule has 2 aliphatic rings.